The lowest BCUT2D eigenvalue weighted by molar-refractivity contribution is 0.177. The summed E-state index contributed by atoms with van der Waals surface area (Å²) in [4.78, 5) is 11.2. The average molecular weight is 299 g/mol. The Bertz CT molecular complexity index is 602. The number of nitrogens with one attached hydrogen (secondary N) is 2. The van der Waals surface area contributed by atoms with Crippen molar-refractivity contribution in [1.82, 2.24) is 10.0 Å². The molecule has 0 saturated carbocycles. The number of hydrogen-bond donors (Lipinski definition) is 2. The molecule has 1 aromatic rings. The van der Waals surface area contributed by atoms with E-state index in [9.17, 15) is 13.2 Å². The zero-order chi connectivity index (χ0) is 14.8. The van der Waals surface area contributed by atoms with Crippen molar-refractivity contribution in [3.63, 3.8) is 0 Å². The van der Waals surface area contributed by atoms with Crippen LogP contribution >= 0.6 is 0 Å². The van der Waals surface area contributed by atoms with Crippen LogP contribution in [-0.2, 0) is 21.5 Å². The van der Waals surface area contributed by atoms with Gasteiger partial charge < -0.3 is 10.1 Å². The van der Waals surface area contributed by atoms with Gasteiger partial charge in [0.1, 0.15) is 0 Å². The molecule has 0 fully saturated rings. The van der Waals surface area contributed by atoms with Crippen molar-refractivity contribution >= 4 is 22.0 Å². The molecule has 110 valence electrons. The summed E-state index contributed by atoms with van der Waals surface area (Å²) in [5.74, 6) is 0. The van der Waals surface area contributed by atoms with Crippen molar-refractivity contribution in [2.24, 2.45) is 0 Å². The van der Waals surface area contributed by atoms with E-state index in [1.165, 1.54) is 4.31 Å². The highest BCUT2D eigenvalue weighted by Crippen LogP contribution is 2.25. The van der Waals surface area contributed by atoms with Gasteiger partial charge in [-0.2, -0.15) is 8.42 Å². The van der Waals surface area contributed by atoms with E-state index in [0.29, 0.717) is 12.2 Å². The maximum absolute atomic E-state index is 12.3. The van der Waals surface area contributed by atoms with Gasteiger partial charge in [-0.1, -0.05) is 18.2 Å². The molecule has 8 heteroatoms. The van der Waals surface area contributed by atoms with Crippen LogP contribution < -0.4 is 14.3 Å². The highest BCUT2D eigenvalue weighted by molar-refractivity contribution is 7.91. The predicted octanol–water partition coefficient (Wildman–Crippen LogP) is 0.586. The first kappa shape index (κ1) is 14.6. The van der Waals surface area contributed by atoms with Crippen LogP contribution in [0.3, 0.4) is 0 Å². The fraction of sp³-hybridized carbons (Fsp3) is 0.417. The van der Waals surface area contributed by atoms with Gasteiger partial charge in [-0.25, -0.2) is 9.52 Å². The summed E-state index contributed by atoms with van der Waals surface area (Å²) in [6, 6.07) is 7.12. The summed E-state index contributed by atoms with van der Waals surface area (Å²) in [6.45, 7) is 2.68. The fourth-order valence-corrected chi connectivity index (χ4v) is 3.29. The van der Waals surface area contributed by atoms with E-state index in [4.69, 9.17) is 0 Å². The number of benzene rings is 1. The Morgan fingerprint density at radius 3 is 2.85 bits per heavy atom. The third kappa shape index (κ3) is 3.02. The van der Waals surface area contributed by atoms with Gasteiger partial charge in [0.15, 0.2) is 0 Å². The lowest BCUT2D eigenvalue weighted by Gasteiger charge is -2.25. The number of anilines is 1. The maximum atomic E-state index is 12.3. The summed E-state index contributed by atoms with van der Waals surface area (Å²) >= 11 is 0. The molecular formula is C12H17N3O4S. The van der Waals surface area contributed by atoms with Crippen LogP contribution in [-0.4, -0.2) is 34.2 Å². The molecule has 1 amide bonds. The highest BCUT2D eigenvalue weighted by atomic mass is 32.2. The molecule has 1 aromatic carbocycles. The van der Waals surface area contributed by atoms with Gasteiger partial charge >= 0.3 is 16.3 Å². The molecule has 1 aliphatic rings. The van der Waals surface area contributed by atoms with Gasteiger partial charge in [-0.15, -0.1) is 0 Å². The second kappa shape index (κ2) is 5.68. The Kier molecular flexibility index (Phi) is 4.15. The van der Waals surface area contributed by atoms with Crippen LogP contribution in [0.1, 0.15) is 12.5 Å². The van der Waals surface area contributed by atoms with Crippen LogP contribution in [0.4, 0.5) is 10.5 Å². The zero-order valence-corrected chi connectivity index (χ0v) is 12.1. The molecule has 0 bridgehead atoms. The number of rotatable bonds is 2. The van der Waals surface area contributed by atoms with E-state index in [-0.39, 0.29) is 12.6 Å². The van der Waals surface area contributed by atoms with Crippen molar-refractivity contribution < 1.29 is 17.9 Å². The standard InChI is InChI=1S/C12H17N3O4S/c1-9-8-15(20(17,18)14-12(16)19-2)11-6-4-3-5-10(11)7-13-9/h3-6,9,13H,7-8H2,1-2H3,(H,14,16). The van der Waals surface area contributed by atoms with Crippen LogP contribution in [0.5, 0.6) is 0 Å². The van der Waals surface area contributed by atoms with Gasteiger partial charge in [0.2, 0.25) is 0 Å². The monoisotopic (exact) mass is 299 g/mol. The third-order valence-corrected chi connectivity index (χ3v) is 4.38. The minimum absolute atomic E-state index is 0.0448. The minimum Gasteiger partial charge on any atom is -0.452 e. The predicted molar refractivity (Wildman–Crippen MR) is 74.6 cm³/mol. The SMILES string of the molecule is COC(=O)NS(=O)(=O)N1CC(C)NCc2ccccc21. The topological polar surface area (TPSA) is 87.7 Å². The number of ether oxygens (including phenoxy) is 1. The summed E-state index contributed by atoms with van der Waals surface area (Å²) in [6.07, 6.45) is -1.01. The van der Waals surface area contributed by atoms with Crippen molar-refractivity contribution in [3.05, 3.63) is 29.8 Å². The Morgan fingerprint density at radius 1 is 1.45 bits per heavy atom. The van der Waals surface area contributed by atoms with Gasteiger partial charge in [0.05, 0.1) is 19.3 Å². The summed E-state index contributed by atoms with van der Waals surface area (Å²) in [7, 11) is -2.88. The zero-order valence-electron chi connectivity index (χ0n) is 11.3. The van der Waals surface area contributed by atoms with Crippen LogP contribution in [0, 0.1) is 0 Å². The van der Waals surface area contributed by atoms with E-state index < -0.39 is 16.3 Å². The highest BCUT2D eigenvalue weighted by Gasteiger charge is 2.30. The Hall–Kier alpha value is -1.80. The first-order chi connectivity index (χ1) is 9.44. The number of hydrogen-bond acceptors (Lipinski definition) is 5. The molecule has 2 rings (SSSR count). The third-order valence-electron chi connectivity index (χ3n) is 3.03. The number of fused-ring (bicyclic) bond motifs is 1. The largest absolute Gasteiger partial charge is 0.452 e. The molecule has 0 aromatic heterocycles. The first-order valence-corrected chi connectivity index (χ1v) is 7.58. The second-order valence-electron chi connectivity index (χ2n) is 4.54. The molecule has 1 aliphatic heterocycles. The number of carbonyl (C=O) groups excluding carboxylic acids is 1. The number of amides is 1. The molecule has 0 radical (unpaired) electrons. The molecule has 1 unspecified atom stereocenters. The Morgan fingerprint density at radius 2 is 2.15 bits per heavy atom. The van der Waals surface area contributed by atoms with Crippen LogP contribution in [0.15, 0.2) is 24.3 Å². The maximum Gasteiger partial charge on any atom is 0.422 e. The molecule has 2 N–H and O–H groups in total. The van der Waals surface area contributed by atoms with E-state index in [2.05, 4.69) is 10.1 Å². The molecular weight excluding hydrogens is 282 g/mol. The number of nitrogens with zero attached hydrogens (tertiary/aromatic N) is 1. The average Bonchev–Trinajstić information content (AvgIpc) is 2.58. The summed E-state index contributed by atoms with van der Waals surface area (Å²) < 4.78 is 32.0. The Labute approximate surface area is 118 Å². The van der Waals surface area contributed by atoms with Crippen molar-refractivity contribution in [1.29, 1.82) is 0 Å². The van der Waals surface area contributed by atoms with Gasteiger partial charge in [-0.05, 0) is 18.6 Å². The summed E-state index contributed by atoms with van der Waals surface area (Å²) in [5.41, 5.74) is 1.41. The van der Waals surface area contributed by atoms with Crippen LogP contribution in [0.25, 0.3) is 0 Å². The lowest BCUT2D eigenvalue weighted by Crippen LogP contribution is -2.47. The van der Waals surface area contributed by atoms with Crippen LogP contribution in [0.2, 0.25) is 0 Å². The lowest BCUT2D eigenvalue weighted by atomic mass is 10.2. The van der Waals surface area contributed by atoms with Crippen molar-refractivity contribution in [2.75, 3.05) is 18.0 Å². The first-order valence-electron chi connectivity index (χ1n) is 6.14. The minimum atomic E-state index is -4.00. The van der Waals surface area contributed by atoms with Gasteiger partial charge in [-0.3, -0.25) is 4.31 Å². The molecule has 1 heterocycles. The normalized spacial score (nSPS) is 18.9. The quantitative estimate of drug-likeness (QED) is 0.834. The van der Waals surface area contributed by atoms with E-state index in [1.54, 1.807) is 12.1 Å². The van der Waals surface area contributed by atoms with E-state index in [0.717, 1.165) is 12.7 Å². The molecule has 0 spiro atoms. The number of para-hydroxylation sites is 1. The van der Waals surface area contributed by atoms with Gasteiger partial charge in [0, 0.05) is 12.6 Å². The second-order valence-corrected chi connectivity index (χ2v) is 6.14. The smallest absolute Gasteiger partial charge is 0.422 e. The molecule has 0 aliphatic carbocycles. The molecule has 1 atom stereocenters. The molecule has 7 nitrogen and oxygen atoms in total. The number of carbonyl (C=O) groups is 1. The number of methoxy groups -OCH3 is 1. The molecule has 20 heavy (non-hydrogen) atoms. The van der Waals surface area contributed by atoms with Crippen molar-refractivity contribution in [3.8, 4) is 0 Å². The molecule has 0 saturated heterocycles. The van der Waals surface area contributed by atoms with Crippen molar-refractivity contribution in [2.45, 2.75) is 19.5 Å². The Balaban J connectivity index is 2.40. The van der Waals surface area contributed by atoms with E-state index >= 15 is 0 Å². The summed E-state index contributed by atoms with van der Waals surface area (Å²) in [5, 5.41) is 3.22. The fourth-order valence-electron chi connectivity index (χ4n) is 2.03. The van der Waals surface area contributed by atoms with Gasteiger partial charge in [0.25, 0.3) is 0 Å². The van der Waals surface area contributed by atoms with E-state index in [1.807, 2.05) is 23.8 Å².